The molecule has 2 aromatic carbocycles. The maximum absolute atomic E-state index is 12.9. The topological polar surface area (TPSA) is 52.8 Å². The van der Waals surface area contributed by atoms with Crippen LogP contribution in [0.3, 0.4) is 0 Å². The SMILES string of the molecule is FC(F)(F)c1nnnn1-c1ccc(OCc2ccccc2)c(I)c1. The van der Waals surface area contributed by atoms with Crippen molar-refractivity contribution in [3.05, 3.63) is 63.5 Å². The second kappa shape index (κ2) is 6.75. The van der Waals surface area contributed by atoms with E-state index in [1.54, 1.807) is 6.07 Å². The van der Waals surface area contributed by atoms with Crippen LogP contribution in [0.4, 0.5) is 13.2 Å². The van der Waals surface area contributed by atoms with Gasteiger partial charge in [-0.1, -0.05) is 30.3 Å². The van der Waals surface area contributed by atoms with E-state index in [0.717, 1.165) is 5.56 Å². The summed E-state index contributed by atoms with van der Waals surface area (Å²) in [5.74, 6) is -0.596. The quantitative estimate of drug-likeness (QED) is 0.572. The van der Waals surface area contributed by atoms with Crippen LogP contribution in [0, 0.1) is 3.57 Å². The summed E-state index contributed by atoms with van der Waals surface area (Å²) in [6.07, 6.45) is -4.63. The summed E-state index contributed by atoms with van der Waals surface area (Å²) in [7, 11) is 0. The van der Waals surface area contributed by atoms with Gasteiger partial charge in [-0.2, -0.15) is 17.9 Å². The molecule has 124 valence electrons. The fourth-order valence-electron chi connectivity index (χ4n) is 2.01. The van der Waals surface area contributed by atoms with Crippen LogP contribution < -0.4 is 4.74 Å². The first-order valence-electron chi connectivity index (χ1n) is 6.77. The number of halogens is 4. The van der Waals surface area contributed by atoms with E-state index in [4.69, 9.17) is 4.74 Å². The number of benzene rings is 2. The van der Waals surface area contributed by atoms with Crippen LogP contribution in [-0.4, -0.2) is 20.2 Å². The van der Waals surface area contributed by atoms with Crippen LogP contribution in [0.1, 0.15) is 11.4 Å². The predicted octanol–water partition coefficient (Wildman–Crippen LogP) is 3.86. The summed E-state index contributed by atoms with van der Waals surface area (Å²) in [4.78, 5) is 0. The number of aromatic nitrogens is 4. The minimum atomic E-state index is -4.63. The van der Waals surface area contributed by atoms with Crippen molar-refractivity contribution >= 4 is 22.6 Å². The van der Waals surface area contributed by atoms with Crippen molar-refractivity contribution in [2.45, 2.75) is 12.8 Å². The van der Waals surface area contributed by atoms with Crippen molar-refractivity contribution in [2.24, 2.45) is 0 Å². The number of nitrogens with zero attached hydrogens (tertiary/aromatic N) is 4. The lowest BCUT2D eigenvalue weighted by molar-refractivity contribution is -0.146. The lowest BCUT2D eigenvalue weighted by atomic mass is 10.2. The predicted molar refractivity (Wildman–Crippen MR) is 87.6 cm³/mol. The van der Waals surface area contributed by atoms with E-state index in [-0.39, 0.29) is 5.69 Å². The Hall–Kier alpha value is -2.17. The number of ether oxygens (including phenoxy) is 1. The molecule has 1 aromatic heterocycles. The van der Waals surface area contributed by atoms with Gasteiger partial charge >= 0.3 is 6.18 Å². The maximum atomic E-state index is 12.9. The highest BCUT2D eigenvalue weighted by Gasteiger charge is 2.38. The summed E-state index contributed by atoms with van der Waals surface area (Å²) >= 11 is 2.00. The Balaban J connectivity index is 1.82. The van der Waals surface area contributed by atoms with Gasteiger partial charge in [0, 0.05) is 0 Å². The second-order valence-electron chi connectivity index (χ2n) is 4.80. The zero-order valence-electron chi connectivity index (χ0n) is 12.0. The summed E-state index contributed by atoms with van der Waals surface area (Å²) < 4.78 is 45.6. The van der Waals surface area contributed by atoms with Gasteiger partial charge in [0.15, 0.2) is 0 Å². The minimum Gasteiger partial charge on any atom is -0.488 e. The number of hydrogen-bond acceptors (Lipinski definition) is 4. The normalized spacial score (nSPS) is 11.5. The van der Waals surface area contributed by atoms with E-state index in [9.17, 15) is 13.2 Å². The van der Waals surface area contributed by atoms with Crippen LogP contribution in [0.5, 0.6) is 5.75 Å². The van der Waals surface area contributed by atoms with Gasteiger partial charge in [0.05, 0.1) is 9.26 Å². The molecular weight excluding hydrogens is 436 g/mol. The summed E-state index contributed by atoms with van der Waals surface area (Å²) in [5.41, 5.74) is 1.21. The number of rotatable bonds is 4. The average Bonchev–Trinajstić information content (AvgIpc) is 3.04. The standard InChI is InChI=1S/C15H10F3IN4O/c16-15(17,18)14-20-21-22-23(14)11-6-7-13(12(19)8-11)24-9-10-4-2-1-3-5-10/h1-8H,9H2. The molecule has 0 amide bonds. The Morgan fingerprint density at radius 3 is 2.50 bits per heavy atom. The van der Waals surface area contributed by atoms with Gasteiger partial charge in [0.2, 0.25) is 0 Å². The van der Waals surface area contributed by atoms with Gasteiger partial charge in [0.1, 0.15) is 12.4 Å². The van der Waals surface area contributed by atoms with Gasteiger partial charge in [-0.05, 0) is 56.8 Å². The van der Waals surface area contributed by atoms with Crippen LogP contribution in [0.2, 0.25) is 0 Å². The van der Waals surface area contributed by atoms with E-state index in [0.29, 0.717) is 20.6 Å². The largest absolute Gasteiger partial charge is 0.488 e. The van der Waals surface area contributed by atoms with E-state index >= 15 is 0 Å². The molecule has 0 bridgehead atoms. The first kappa shape index (κ1) is 16.7. The van der Waals surface area contributed by atoms with E-state index in [2.05, 4.69) is 15.5 Å². The molecule has 1 heterocycles. The molecule has 0 saturated carbocycles. The molecule has 24 heavy (non-hydrogen) atoms. The molecule has 0 spiro atoms. The Kier molecular flexibility index (Phi) is 4.69. The van der Waals surface area contributed by atoms with Gasteiger partial charge in [0.25, 0.3) is 5.82 Å². The molecule has 3 rings (SSSR count). The Bertz CT molecular complexity index is 836. The summed E-state index contributed by atoms with van der Waals surface area (Å²) in [5, 5.41) is 9.55. The highest BCUT2D eigenvalue weighted by Crippen LogP contribution is 2.30. The molecule has 0 saturated heterocycles. The molecular formula is C15H10F3IN4O. The highest BCUT2D eigenvalue weighted by molar-refractivity contribution is 14.1. The summed E-state index contributed by atoms with van der Waals surface area (Å²) in [6.45, 7) is 0.370. The molecule has 0 radical (unpaired) electrons. The average molecular weight is 446 g/mol. The number of alkyl halides is 3. The van der Waals surface area contributed by atoms with Crippen LogP contribution in [-0.2, 0) is 12.8 Å². The molecule has 0 aliphatic carbocycles. The van der Waals surface area contributed by atoms with Crippen molar-refractivity contribution in [2.75, 3.05) is 0 Å². The zero-order valence-corrected chi connectivity index (χ0v) is 14.2. The van der Waals surface area contributed by atoms with Gasteiger partial charge in [-0.3, -0.25) is 0 Å². The summed E-state index contributed by atoms with van der Waals surface area (Å²) in [6, 6.07) is 14.2. The lowest BCUT2D eigenvalue weighted by Crippen LogP contribution is -2.14. The Labute approximate surface area is 148 Å². The van der Waals surface area contributed by atoms with Gasteiger partial charge in [-0.15, -0.1) is 5.10 Å². The lowest BCUT2D eigenvalue weighted by Gasteiger charge is -2.11. The zero-order chi connectivity index (χ0) is 17.2. The second-order valence-corrected chi connectivity index (χ2v) is 5.96. The van der Waals surface area contributed by atoms with Crippen LogP contribution in [0.25, 0.3) is 5.69 Å². The van der Waals surface area contributed by atoms with Crippen molar-refractivity contribution in [1.82, 2.24) is 20.2 Å². The number of tetrazole rings is 1. The molecule has 3 aromatic rings. The third kappa shape index (κ3) is 3.66. The molecule has 0 N–H and O–H groups in total. The smallest absolute Gasteiger partial charge is 0.453 e. The molecule has 0 aliphatic heterocycles. The molecule has 0 unspecified atom stereocenters. The first-order valence-corrected chi connectivity index (χ1v) is 7.85. The molecule has 5 nitrogen and oxygen atoms in total. The molecule has 0 fully saturated rings. The molecule has 0 atom stereocenters. The molecule has 9 heteroatoms. The van der Waals surface area contributed by atoms with Crippen molar-refractivity contribution < 1.29 is 17.9 Å². The number of hydrogen-bond donors (Lipinski definition) is 0. The third-order valence-corrected chi connectivity index (χ3v) is 3.96. The third-order valence-electron chi connectivity index (χ3n) is 3.12. The van der Waals surface area contributed by atoms with Crippen LogP contribution >= 0.6 is 22.6 Å². The molecule has 0 aliphatic rings. The fourth-order valence-corrected chi connectivity index (χ4v) is 2.67. The van der Waals surface area contributed by atoms with E-state index in [1.807, 2.05) is 52.9 Å². The van der Waals surface area contributed by atoms with Gasteiger partial charge in [-0.25, -0.2) is 0 Å². The van der Waals surface area contributed by atoms with Gasteiger partial charge < -0.3 is 4.74 Å². The first-order chi connectivity index (χ1) is 11.4. The van der Waals surface area contributed by atoms with Crippen molar-refractivity contribution in [1.29, 1.82) is 0 Å². The van der Waals surface area contributed by atoms with Crippen molar-refractivity contribution in [3.63, 3.8) is 0 Å². The Morgan fingerprint density at radius 2 is 1.83 bits per heavy atom. The fraction of sp³-hybridized carbons (Fsp3) is 0.133. The van der Waals surface area contributed by atoms with E-state index < -0.39 is 12.0 Å². The van der Waals surface area contributed by atoms with Crippen molar-refractivity contribution in [3.8, 4) is 11.4 Å². The highest BCUT2D eigenvalue weighted by atomic mass is 127. The Morgan fingerprint density at radius 1 is 1.08 bits per heavy atom. The van der Waals surface area contributed by atoms with Crippen LogP contribution in [0.15, 0.2) is 48.5 Å². The van der Waals surface area contributed by atoms with E-state index in [1.165, 1.54) is 12.1 Å². The maximum Gasteiger partial charge on any atom is 0.453 e. The monoisotopic (exact) mass is 446 g/mol. The minimum absolute atomic E-state index is 0.212.